The number of alkyl halides is 4. The van der Waals surface area contributed by atoms with Crippen molar-refractivity contribution in [1.29, 1.82) is 0 Å². The predicted octanol–water partition coefficient (Wildman–Crippen LogP) is 2.59. The van der Waals surface area contributed by atoms with Gasteiger partial charge in [0.2, 0.25) is 5.91 Å². The van der Waals surface area contributed by atoms with Crippen LogP contribution >= 0.6 is 15.9 Å². The van der Waals surface area contributed by atoms with Crippen LogP contribution in [0.5, 0.6) is 0 Å². The van der Waals surface area contributed by atoms with Crippen LogP contribution in [0.2, 0.25) is 0 Å². The van der Waals surface area contributed by atoms with Crippen molar-refractivity contribution in [3.8, 4) is 0 Å². The summed E-state index contributed by atoms with van der Waals surface area (Å²) in [5.74, 6) is 0.328. The fourth-order valence-corrected chi connectivity index (χ4v) is 2.89. The first-order valence-corrected chi connectivity index (χ1v) is 6.72. The van der Waals surface area contributed by atoms with Gasteiger partial charge >= 0.3 is 6.18 Å². The summed E-state index contributed by atoms with van der Waals surface area (Å²) in [5.41, 5.74) is 0. The van der Waals surface area contributed by atoms with Crippen molar-refractivity contribution in [3.63, 3.8) is 0 Å². The van der Waals surface area contributed by atoms with E-state index in [1.807, 2.05) is 0 Å². The molecule has 0 bridgehead atoms. The minimum atomic E-state index is -4.33. The Labute approximate surface area is 113 Å². The highest BCUT2D eigenvalue weighted by molar-refractivity contribution is 9.09. The first-order valence-electron chi connectivity index (χ1n) is 5.80. The van der Waals surface area contributed by atoms with Crippen LogP contribution in [0, 0.1) is 5.92 Å². The molecule has 0 spiro atoms. The van der Waals surface area contributed by atoms with Crippen molar-refractivity contribution in [3.05, 3.63) is 0 Å². The number of halogens is 4. The standard InChI is InChI=1S/C11H17BrF3NO2/c1-16(6-8-4-9(12)5-8)10(17)2-3-18-7-11(13,14)15/h8-9H,2-7H2,1H3. The van der Waals surface area contributed by atoms with E-state index in [1.54, 1.807) is 11.9 Å². The number of rotatable bonds is 6. The normalized spacial score (nSPS) is 23.6. The molecule has 0 aliphatic heterocycles. The molecule has 1 saturated carbocycles. The van der Waals surface area contributed by atoms with E-state index in [9.17, 15) is 18.0 Å². The van der Waals surface area contributed by atoms with Crippen LogP contribution in [-0.4, -0.2) is 48.6 Å². The van der Waals surface area contributed by atoms with Gasteiger partial charge in [-0.2, -0.15) is 13.2 Å². The van der Waals surface area contributed by atoms with E-state index >= 15 is 0 Å². The number of carbonyl (C=O) groups is 1. The predicted molar refractivity (Wildman–Crippen MR) is 64.6 cm³/mol. The Morgan fingerprint density at radius 2 is 2.06 bits per heavy atom. The Balaban J connectivity index is 2.08. The molecule has 1 aliphatic carbocycles. The van der Waals surface area contributed by atoms with Gasteiger partial charge in [0, 0.05) is 18.4 Å². The highest BCUT2D eigenvalue weighted by atomic mass is 79.9. The van der Waals surface area contributed by atoms with Crippen molar-refractivity contribution in [2.24, 2.45) is 5.92 Å². The van der Waals surface area contributed by atoms with Gasteiger partial charge in [-0.15, -0.1) is 0 Å². The topological polar surface area (TPSA) is 29.5 Å². The Hall–Kier alpha value is -0.300. The Kier molecular flexibility index (Phi) is 5.91. The molecule has 0 radical (unpaired) electrons. The summed E-state index contributed by atoms with van der Waals surface area (Å²) in [7, 11) is 1.67. The molecule has 1 rings (SSSR count). The second-order valence-electron chi connectivity index (χ2n) is 4.63. The van der Waals surface area contributed by atoms with Gasteiger partial charge in [0.1, 0.15) is 6.61 Å². The van der Waals surface area contributed by atoms with Crippen LogP contribution in [0.1, 0.15) is 19.3 Å². The van der Waals surface area contributed by atoms with Crippen LogP contribution in [-0.2, 0) is 9.53 Å². The minimum absolute atomic E-state index is 0.00294. The van der Waals surface area contributed by atoms with Crippen molar-refractivity contribution in [1.82, 2.24) is 4.90 Å². The Morgan fingerprint density at radius 1 is 1.44 bits per heavy atom. The zero-order chi connectivity index (χ0) is 13.8. The van der Waals surface area contributed by atoms with Gasteiger partial charge in [0.15, 0.2) is 0 Å². The fourth-order valence-electron chi connectivity index (χ4n) is 1.83. The van der Waals surface area contributed by atoms with E-state index in [0.717, 1.165) is 12.8 Å². The molecule has 18 heavy (non-hydrogen) atoms. The van der Waals surface area contributed by atoms with E-state index in [1.165, 1.54) is 0 Å². The summed E-state index contributed by atoms with van der Waals surface area (Å²) in [6, 6.07) is 0. The number of amides is 1. The molecule has 0 aromatic heterocycles. The van der Waals surface area contributed by atoms with Crippen LogP contribution in [0.4, 0.5) is 13.2 Å². The van der Waals surface area contributed by atoms with E-state index in [4.69, 9.17) is 0 Å². The third-order valence-electron chi connectivity index (χ3n) is 2.86. The third kappa shape index (κ3) is 6.04. The smallest absolute Gasteiger partial charge is 0.372 e. The maximum absolute atomic E-state index is 11.8. The third-order valence-corrected chi connectivity index (χ3v) is 3.61. The minimum Gasteiger partial charge on any atom is -0.372 e. The van der Waals surface area contributed by atoms with Gasteiger partial charge in [0.25, 0.3) is 0 Å². The largest absolute Gasteiger partial charge is 0.411 e. The lowest BCUT2D eigenvalue weighted by Crippen LogP contribution is -2.38. The zero-order valence-corrected chi connectivity index (χ0v) is 11.8. The maximum atomic E-state index is 11.8. The molecule has 0 unspecified atom stereocenters. The second-order valence-corrected chi connectivity index (χ2v) is 5.92. The highest BCUT2D eigenvalue weighted by Crippen LogP contribution is 2.33. The van der Waals surface area contributed by atoms with Crippen LogP contribution in [0.25, 0.3) is 0 Å². The molecule has 1 fully saturated rings. The van der Waals surface area contributed by atoms with E-state index in [0.29, 0.717) is 17.3 Å². The lowest BCUT2D eigenvalue weighted by molar-refractivity contribution is -0.175. The molecule has 7 heteroatoms. The maximum Gasteiger partial charge on any atom is 0.411 e. The van der Waals surface area contributed by atoms with Crippen molar-refractivity contribution in [2.75, 3.05) is 26.8 Å². The summed E-state index contributed by atoms with van der Waals surface area (Å²) >= 11 is 3.47. The van der Waals surface area contributed by atoms with Gasteiger partial charge in [-0.3, -0.25) is 4.79 Å². The molecule has 3 nitrogen and oxygen atoms in total. The Morgan fingerprint density at radius 3 is 2.56 bits per heavy atom. The molecule has 0 atom stereocenters. The molecule has 0 saturated heterocycles. The van der Waals surface area contributed by atoms with E-state index in [-0.39, 0.29) is 18.9 Å². The van der Waals surface area contributed by atoms with Crippen molar-refractivity contribution >= 4 is 21.8 Å². The zero-order valence-electron chi connectivity index (χ0n) is 10.2. The first-order chi connectivity index (χ1) is 8.28. The molecular formula is C11H17BrF3NO2. The van der Waals surface area contributed by atoms with Gasteiger partial charge < -0.3 is 9.64 Å². The summed E-state index contributed by atoms with van der Waals surface area (Å²) in [6.45, 7) is -0.813. The SMILES string of the molecule is CN(CC1CC(Br)C1)C(=O)CCOCC(F)(F)F. The molecular weight excluding hydrogens is 315 g/mol. The van der Waals surface area contributed by atoms with Crippen LogP contribution in [0.3, 0.4) is 0 Å². The molecule has 1 amide bonds. The van der Waals surface area contributed by atoms with Gasteiger partial charge in [-0.05, 0) is 18.8 Å². The average Bonchev–Trinajstić information content (AvgIpc) is 2.20. The Bertz CT molecular complexity index is 280. The summed E-state index contributed by atoms with van der Waals surface area (Å²) in [4.78, 5) is 13.7. The number of ether oxygens (including phenoxy) is 1. The van der Waals surface area contributed by atoms with Crippen LogP contribution < -0.4 is 0 Å². The van der Waals surface area contributed by atoms with Gasteiger partial charge in [-0.25, -0.2) is 0 Å². The molecule has 106 valence electrons. The fraction of sp³-hybridized carbons (Fsp3) is 0.909. The monoisotopic (exact) mass is 331 g/mol. The highest BCUT2D eigenvalue weighted by Gasteiger charge is 2.29. The molecule has 0 heterocycles. The number of carbonyl (C=O) groups excluding carboxylic acids is 1. The summed E-state index contributed by atoms with van der Waals surface area (Å²) < 4.78 is 39.7. The number of nitrogens with zero attached hydrogens (tertiary/aromatic N) is 1. The molecule has 0 aromatic carbocycles. The number of hydrogen-bond donors (Lipinski definition) is 0. The second kappa shape index (κ2) is 6.75. The molecule has 1 aliphatic rings. The van der Waals surface area contributed by atoms with Crippen molar-refractivity contribution < 1.29 is 22.7 Å². The summed E-state index contributed by atoms with van der Waals surface area (Å²) in [5, 5.41) is 0. The lowest BCUT2D eigenvalue weighted by atomic mass is 9.85. The molecule has 0 aromatic rings. The van der Waals surface area contributed by atoms with E-state index in [2.05, 4.69) is 20.7 Å². The summed E-state index contributed by atoms with van der Waals surface area (Å²) in [6.07, 6.45) is -2.24. The van der Waals surface area contributed by atoms with E-state index < -0.39 is 12.8 Å². The quantitative estimate of drug-likeness (QED) is 0.553. The average molecular weight is 332 g/mol. The number of hydrogen-bond acceptors (Lipinski definition) is 2. The lowest BCUT2D eigenvalue weighted by Gasteiger charge is -2.34. The van der Waals surface area contributed by atoms with Gasteiger partial charge in [0.05, 0.1) is 13.0 Å². The molecule has 0 N–H and O–H groups in total. The first kappa shape index (κ1) is 15.8. The van der Waals surface area contributed by atoms with Crippen molar-refractivity contribution in [2.45, 2.75) is 30.3 Å². The van der Waals surface area contributed by atoms with Crippen LogP contribution in [0.15, 0.2) is 0 Å². The van der Waals surface area contributed by atoms with Gasteiger partial charge in [-0.1, -0.05) is 15.9 Å².